The fourth-order valence-corrected chi connectivity index (χ4v) is 4.31. The van der Waals surface area contributed by atoms with Crippen molar-refractivity contribution in [2.45, 2.75) is 6.54 Å². The normalized spacial score (nSPS) is 10.6. The summed E-state index contributed by atoms with van der Waals surface area (Å²) in [6, 6.07) is 8.64. The Morgan fingerprint density at radius 1 is 1.11 bits per heavy atom. The van der Waals surface area contributed by atoms with Crippen LogP contribution < -0.4 is 5.32 Å². The molecule has 0 radical (unpaired) electrons. The van der Waals surface area contributed by atoms with Crippen LogP contribution in [0.1, 0.15) is 5.56 Å². The Balaban J connectivity index is 2.22. The Morgan fingerprint density at radius 3 is 2.37 bits per heavy atom. The van der Waals surface area contributed by atoms with Gasteiger partial charge in [-0.3, -0.25) is 0 Å². The van der Waals surface area contributed by atoms with Crippen LogP contribution in [-0.2, 0) is 6.54 Å². The van der Waals surface area contributed by atoms with Crippen LogP contribution in [0, 0.1) is 5.82 Å². The zero-order valence-electron chi connectivity index (χ0n) is 9.48. The van der Waals surface area contributed by atoms with E-state index in [0.29, 0.717) is 12.1 Å². The molecule has 2 aromatic carbocycles. The van der Waals surface area contributed by atoms with Gasteiger partial charge in [0.25, 0.3) is 0 Å². The summed E-state index contributed by atoms with van der Waals surface area (Å²) in [7, 11) is 0. The maximum absolute atomic E-state index is 13.3. The summed E-state index contributed by atoms with van der Waals surface area (Å²) in [5.41, 5.74) is 1.60. The van der Waals surface area contributed by atoms with E-state index in [1.165, 1.54) is 6.07 Å². The molecule has 0 aliphatic rings. The molecule has 0 heterocycles. The third-order valence-electron chi connectivity index (χ3n) is 2.49. The van der Waals surface area contributed by atoms with E-state index >= 15 is 0 Å². The van der Waals surface area contributed by atoms with Gasteiger partial charge < -0.3 is 5.32 Å². The molecule has 1 nitrogen and oxygen atoms in total. The lowest BCUT2D eigenvalue weighted by molar-refractivity contribution is 0.626. The molecule has 0 aromatic heterocycles. The predicted molar refractivity (Wildman–Crippen MR) is 88.3 cm³/mol. The van der Waals surface area contributed by atoms with Crippen LogP contribution in [0.5, 0.6) is 0 Å². The lowest BCUT2D eigenvalue weighted by Gasteiger charge is -2.12. The molecule has 1 N–H and O–H groups in total. The summed E-state index contributed by atoms with van der Waals surface area (Å²) < 4.78 is 16.1. The quantitative estimate of drug-likeness (QED) is 0.547. The molecule has 0 aliphatic carbocycles. The second-order valence-corrected chi connectivity index (χ2v) is 6.81. The van der Waals surface area contributed by atoms with Crippen molar-refractivity contribution in [3.8, 4) is 0 Å². The van der Waals surface area contributed by atoms with Gasteiger partial charge in [0.1, 0.15) is 5.82 Å². The molecule has 2 aromatic rings. The minimum Gasteiger partial charge on any atom is -0.379 e. The smallest absolute Gasteiger partial charge is 0.142 e. The first-order valence-corrected chi connectivity index (χ1v) is 8.06. The van der Waals surface area contributed by atoms with Gasteiger partial charge in [-0.2, -0.15) is 0 Å². The maximum atomic E-state index is 13.3. The van der Waals surface area contributed by atoms with E-state index in [-0.39, 0.29) is 5.02 Å². The molecule has 0 bridgehead atoms. The van der Waals surface area contributed by atoms with Crippen molar-refractivity contribution in [2.24, 2.45) is 0 Å². The first-order valence-electron chi connectivity index (χ1n) is 5.30. The van der Waals surface area contributed by atoms with Gasteiger partial charge in [-0.05, 0) is 55.6 Å². The van der Waals surface area contributed by atoms with Crippen LogP contribution in [0.2, 0.25) is 5.02 Å². The zero-order valence-corrected chi connectivity index (χ0v) is 15.0. The van der Waals surface area contributed by atoms with Crippen LogP contribution in [0.25, 0.3) is 0 Å². The summed E-state index contributed by atoms with van der Waals surface area (Å²) in [6.07, 6.45) is 0. The third-order valence-corrected chi connectivity index (χ3v) is 4.63. The van der Waals surface area contributed by atoms with Crippen LogP contribution in [0.3, 0.4) is 0 Å². The van der Waals surface area contributed by atoms with Crippen molar-refractivity contribution >= 4 is 65.1 Å². The Morgan fingerprint density at radius 2 is 1.74 bits per heavy atom. The second kappa shape index (κ2) is 6.57. The standard InChI is InChI=1S/C13H8Br3ClFN/c14-8-4-9(15)13(10(16)5-8)19-6-7-2-1-3-11(18)12(7)17/h1-5,19H,6H2. The molecule has 0 unspecified atom stereocenters. The number of anilines is 1. The SMILES string of the molecule is Fc1cccc(CNc2c(Br)cc(Br)cc2Br)c1Cl. The lowest BCUT2D eigenvalue weighted by atomic mass is 10.2. The summed E-state index contributed by atoms with van der Waals surface area (Å²) in [5.74, 6) is -0.407. The maximum Gasteiger partial charge on any atom is 0.142 e. The second-order valence-electron chi connectivity index (χ2n) is 3.81. The van der Waals surface area contributed by atoms with Gasteiger partial charge in [0.05, 0.1) is 10.7 Å². The van der Waals surface area contributed by atoms with Crippen molar-refractivity contribution in [3.63, 3.8) is 0 Å². The van der Waals surface area contributed by atoms with E-state index in [2.05, 4.69) is 53.1 Å². The average molecular weight is 472 g/mol. The van der Waals surface area contributed by atoms with Gasteiger partial charge in [0, 0.05) is 20.0 Å². The summed E-state index contributed by atoms with van der Waals surface area (Å²) in [6.45, 7) is 0.440. The highest BCUT2D eigenvalue weighted by molar-refractivity contribution is 9.11. The third kappa shape index (κ3) is 3.72. The van der Waals surface area contributed by atoms with E-state index in [0.717, 1.165) is 19.1 Å². The first-order chi connectivity index (χ1) is 8.99. The molecule has 100 valence electrons. The fraction of sp³-hybridized carbons (Fsp3) is 0.0769. The van der Waals surface area contributed by atoms with Crippen molar-refractivity contribution in [1.82, 2.24) is 0 Å². The largest absolute Gasteiger partial charge is 0.379 e. The molecule has 0 aliphatic heterocycles. The average Bonchev–Trinajstić information content (AvgIpc) is 2.33. The number of nitrogens with one attached hydrogen (secondary N) is 1. The lowest BCUT2D eigenvalue weighted by Crippen LogP contribution is -2.02. The van der Waals surface area contributed by atoms with Gasteiger partial charge in [-0.1, -0.05) is 39.7 Å². The Hall–Kier alpha value is -0.100. The Kier molecular flexibility index (Phi) is 5.29. The summed E-state index contributed by atoms with van der Waals surface area (Å²) in [5, 5.41) is 3.38. The number of rotatable bonds is 3. The number of hydrogen-bond acceptors (Lipinski definition) is 1. The summed E-state index contributed by atoms with van der Waals surface area (Å²) in [4.78, 5) is 0. The van der Waals surface area contributed by atoms with E-state index < -0.39 is 5.82 Å². The molecule has 0 amide bonds. The monoisotopic (exact) mass is 469 g/mol. The van der Waals surface area contributed by atoms with Crippen LogP contribution in [0.15, 0.2) is 43.7 Å². The molecule has 19 heavy (non-hydrogen) atoms. The molecule has 0 saturated heterocycles. The minimum absolute atomic E-state index is 0.152. The molecule has 0 fully saturated rings. The number of hydrogen-bond donors (Lipinski definition) is 1. The van der Waals surface area contributed by atoms with Crippen molar-refractivity contribution in [1.29, 1.82) is 0 Å². The topological polar surface area (TPSA) is 12.0 Å². The van der Waals surface area contributed by atoms with Crippen molar-refractivity contribution < 1.29 is 4.39 Å². The van der Waals surface area contributed by atoms with E-state index in [1.807, 2.05) is 12.1 Å². The predicted octanol–water partition coefficient (Wildman–Crippen LogP) is 6.38. The highest BCUT2D eigenvalue weighted by Gasteiger charge is 2.09. The van der Waals surface area contributed by atoms with E-state index in [9.17, 15) is 4.39 Å². The van der Waals surface area contributed by atoms with Gasteiger partial charge in [-0.25, -0.2) is 4.39 Å². The van der Waals surface area contributed by atoms with Gasteiger partial charge >= 0.3 is 0 Å². The molecular weight excluding hydrogens is 464 g/mol. The van der Waals surface area contributed by atoms with E-state index in [1.54, 1.807) is 12.1 Å². The Bertz CT molecular complexity index is 596. The first kappa shape index (κ1) is 15.3. The van der Waals surface area contributed by atoms with Gasteiger partial charge in [0.15, 0.2) is 0 Å². The molecule has 6 heteroatoms. The van der Waals surface area contributed by atoms with E-state index in [4.69, 9.17) is 11.6 Å². The van der Waals surface area contributed by atoms with Gasteiger partial charge in [0.2, 0.25) is 0 Å². The van der Waals surface area contributed by atoms with Crippen LogP contribution in [-0.4, -0.2) is 0 Å². The molecule has 0 atom stereocenters. The fourth-order valence-electron chi connectivity index (χ4n) is 1.58. The zero-order chi connectivity index (χ0) is 14.0. The minimum atomic E-state index is -0.407. The highest BCUT2D eigenvalue weighted by atomic mass is 79.9. The van der Waals surface area contributed by atoms with Crippen molar-refractivity contribution in [3.05, 3.63) is 60.2 Å². The highest BCUT2D eigenvalue weighted by Crippen LogP contribution is 2.35. The van der Waals surface area contributed by atoms with Crippen LogP contribution >= 0.6 is 59.4 Å². The summed E-state index contributed by atoms with van der Waals surface area (Å²) >= 11 is 16.3. The molecule has 0 saturated carbocycles. The van der Waals surface area contributed by atoms with Crippen molar-refractivity contribution in [2.75, 3.05) is 5.32 Å². The number of halogens is 5. The Labute approximate surface area is 140 Å². The number of benzene rings is 2. The van der Waals surface area contributed by atoms with Gasteiger partial charge in [-0.15, -0.1) is 0 Å². The molecule has 0 spiro atoms. The van der Waals surface area contributed by atoms with Crippen LogP contribution in [0.4, 0.5) is 10.1 Å². The molecule has 2 rings (SSSR count). The molecular formula is C13H8Br3ClFN.